The molecule has 1 N–H and O–H groups in total. The highest BCUT2D eigenvalue weighted by Crippen LogP contribution is 2.24. The summed E-state index contributed by atoms with van der Waals surface area (Å²) in [7, 11) is 1.59. The minimum atomic E-state index is 0.107. The molecule has 3 aromatic rings. The molecule has 0 amide bonds. The second-order valence-corrected chi connectivity index (χ2v) is 5.28. The highest BCUT2D eigenvalue weighted by atomic mass is 16.5. The molecule has 0 spiro atoms. The maximum atomic E-state index is 5.65. The number of ether oxygens (including phenoxy) is 2. The molecule has 7 heteroatoms. The molecule has 0 aliphatic rings. The summed E-state index contributed by atoms with van der Waals surface area (Å²) < 4.78 is 16.3. The van der Waals surface area contributed by atoms with Crippen LogP contribution in [0.1, 0.15) is 13.8 Å². The SMILES string of the molecule is COc1ccc(Nc2ncc(-c3ccc(OC(C)C)cn3)o2)nc1. The average molecular weight is 326 g/mol. The Bertz CT molecular complexity index is 782. The standard InChI is InChI=1S/C17H18N4O3/c1-11(2)23-13-4-6-14(18-9-13)15-10-20-17(24-15)21-16-7-5-12(22-3)8-19-16/h4-11H,1-3H3,(H,19,20,21). The van der Waals surface area contributed by atoms with Crippen molar-refractivity contribution in [3.05, 3.63) is 42.9 Å². The van der Waals surface area contributed by atoms with Gasteiger partial charge in [-0.3, -0.25) is 5.32 Å². The highest BCUT2D eigenvalue weighted by Gasteiger charge is 2.09. The number of rotatable bonds is 6. The first-order valence-corrected chi connectivity index (χ1v) is 7.50. The van der Waals surface area contributed by atoms with Gasteiger partial charge in [0.05, 0.1) is 31.8 Å². The van der Waals surface area contributed by atoms with Gasteiger partial charge in [0.2, 0.25) is 0 Å². The van der Waals surface area contributed by atoms with E-state index >= 15 is 0 Å². The molecule has 0 atom stereocenters. The summed E-state index contributed by atoms with van der Waals surface area (Å²) in [5, 5.41) is 2.99. The van der Waals surface area contributed by atoms with Gasteiger partial charge in [0.15, 0.2) is 5.76 Å². The predicted molar refractivity (Wildman–Crippen MR) is 89.6 cm³/mol. The summed E-state index contributed by atoms with van der Waals surface area (Å²) >= 11 is 0. The minimum absolute atomic E-state index is 0.107. The van der Waals surface area contributed by atoms with Gasteiger partial charge in [0.25, 0.3) is 0 Å². The molecular formula is C17H18N4O3. The third-order valence-corrected chi connectivity index (χ3v) is 3.07. The third-order valence-electron chi connectivity index (χ3n) is 3.07. The quantitative estimate of drug-likeness (QED) is 0.740. The van der Waals surface area contributed by atoms with Crippen molar-refractivity contribution in [1.82, 2.24) is 15.0 Å². The van der Waals surface area contributed by atoms with Gasteiger partial charge in [-0.15, -0.1) is 0 Å². The van der Waals surface area contributed by atoms with Crippen LogP contribution in [0.25, 0.3) is 11.5 Å². The van der Waals surface area contributed by atoms with Crippen molar-refractivity contribution < 1.29 is 13.9 Å². The summed E-state index contributed by atoms with van der Waals surface area (Å²) in [6.07, 6.45) is 4.99. The van der Waals surface area contributed by atoms with E-state index in [9.17, 15) is 0 Å². The lowest BCUT2D eigenvalue weighted by atomic mass is 10.3. The van der Waals surface area contributed by atoms with Gasteiger partial charge < -0.3 is 13.9 Å². The van der Waals surface area contributed by atoms with E-state index in [0.29, 0.717) is 34.8 Å². The number of methoxy groups -OCH3 is 1. The van der Waals surface area contributed by atoms with Crippen LogP contribution in [-0.2, 0) is 0 Å². The van der Waals surface area contributed by atoms with E-state index in [1.54, 1.807) is 37.8 Å². The summed E-state index contributed by atoms with van der Waals surface area (Å²) in [4.78, 5) is 12.7. The van der Waals surface area contributed by atoms with Crippen LogP contribution < -0.4 is 14.8 Å². The van der Waals surface area contributed by atoms with E-state index in [-0.39, 0.29) is 6.10 Å². The molecule has 0 aliphatic heterocycles. The van der Waals surface area contributed by atoms with Gasteiger partial charge in [-0.05, 0) is 38.1 Å². The Kier molecular flexibility index (Phi) is 4.60. The van der Waals surface area contributed by atoms with Gasteiger partial charge >= 0.3 is 6.01 Å². The highest BCUT2D eigenvalue weighted by molar-refractivity contribution is 5.55. The van der Waals surface area contributed by atoms with Crippen LogP contribution in [0.15, 0.2) is 47.3 Å². The molecule has 0 radical (unpaired) electrons. The minimum Gasteiger partial charge on any atom is -0.495 e. The van der Waals surface area contributed by atoms with Crippen LogP contribution in [0.5, 0.6) is 11.5 Å². The molecule has 0 unspecified atom stereocenters. The fourth-order valence-corrected chi connectivity index (χ4v) is 2.00. The molecule has 124 valence electrons. The van der Waals surface area contributed by atoms with Crippen LogP contribution in [0, 0.1) is 0 Å². The molecule has 0 saturated carbocycles. The fraction of sp³-hybridized carbons (Fsp3) is 0.235. The number of nitrogens with one attached hydrogen (secondary N) is 1. The van der Waals surface area contributed by atoms with E-state index in [4.69, 9.17) is 13.9 Å². The number of anilines is 2. The number of hydrogen-bond acceptors (Lipinski definition) is 7. The van der Waals surface area contributed by atoms with Gasteiger partial charge in [-0.25, -0.2) is 15.0 Å². The Labute approximate surface area is 139 Å². The Balaban J connectivity index is 1.70. The van der Waals surface area contributed by atoms with Gasteiger partial charge in [0, 0.05) is 0 Å². The molecule has 3 heterocycles. The van der Waals surface area contributed by atoms with Crippen molar-refractivity contribution in [1.29, 1.82) is 0 Å². The number of hydrogen-bond donors (Lipinski definition) is 1. The molecule has 0 bridgehead atoms. The van der Waals surface area contributed by atoms with E-state index < -0.39 is 0 Å². The molecule has 24 heavy (non-hydrogen) atoms. The molecule has 0 fully saturated rings. The predicted octanol–water partition coefficient (Wildman–Crippen LogP) is 3.67. The second kappa shape index (κ2) is 6.99. The maximum absolute atomic E-state index is 5.65. The van der Waals surface area contributed by atoms with Crippen LogP contribution >= 0.6 is 0 Å². The van der Waals surface area contributed by atoms with Crippen molar-refractivity contribution in [2.24, 2.45) is 0 Å². The zero-order valence-corrected chi connectivity index (χ0v) is 13.7. The van der Waals surface area contributed by atoms with Crippen molar-refractivity contribution in [3.8, 4) is 23.0 Å². The zero-order chi connectivity index (χ0) is 16.9. The van der Waals surface area contributed by atoms with Crippen molar-refractivity contribution in [2.75, 3.05) is 12.4 Å². The van der Waals surface area contributed by atoms with Crippen LogP contribution in [0.2, 0.25) is 0 Å². The Hall–Kier alpha value is -3.09. The third kappa shape index (κ3) is 3.81. The summed E-state index contributed by atoms with van der Waals surface area (Å²) in [5.41, 5.74) is 0.675. The summed E-state index contributed by atoms with van der Waals surface area (Å²) in [6, 6.07) is 7.59. The van der Waals surface area contributed by atoms with Crippen molar-refractivity contribution in [3.63, 3.8) is 0 Å². The second-order valence-electron chi connectivity index (χ2n) is 5.28. The monoisotopic (exact) mass is 326 g/mol. The molecular weight excluding hydrogens is 308 g/mol. The van der Waals surface area contributed by atoms with Crippen LogP contribution in [0.4, 0.5) is 11.8 Å². The first-order valence-electron chi connectivity index (χ1n) is 7.50. The average Bonchev–Trinajstić information content (AvgIpc) is 3.04. The van der Waals surface area contributed by atoms with Crippen LogP contribution in [0.3, 0.4) is 0 Å². The maximum Gasteiger partial charge on any atom is 0.300 e. The van der Waals surface area contributed by atoms with Crippen molar-refractivity contribution >= 4 is 11.8 Å². The Morgan fingerprint density at radius 2 is 1.75 bits per heavy atom. The van der Waals surface area contributed by atoms with E-state index in [1.165, 1.54) is 0 Å². The normalized spacial score (nSPS) is 10.7. The first kappa shape index (κ1) is 15.8. The van der Waals surface area contributed by atoms with E-state index in [2.05, 4.69) is 20.3 Å². The molecule has 3 aromatic heterocycles. The van der Waals surface area contributed by atoms with Crippen molar-refractivity contribution in [2.45, 2.75) is 20.0 Å². The number of aromatic nitrogens is 3. The molecule has 3 rings (SSSR count). The molecule has 0 aliphatic carbocycles. The van der Waals surface area contributed by atoms with Crippen LogP contribution in [-0.4, -0.2) is 28.2 Å². The smallest absolute Gasteiger partial charge is 0.300 e. The summed E-state index contributed by atoms with van der Waals surface area (Å²) in [5.74, 6) is 2.57. The lowest BCUT2D eigenvalue weighted by molar-refractivity contribution is 0.241. The largest absolute Gasteiger partial charge is 0.495 e. The topological polar surface area (TPSA) is 82.3 Å². The first-order chi connectivity index (χ1) is 11.6. The van der Waals surface area contributed by atoms with Gasteiger partial charge in [-0.2, -0.15) is 0 Å². The van der Waals surface area contributed by atoms with E-state index in [1.807, 2.05) is 26.0 Å². The molecule has 0 aromatic carbocycles. The number of nitrogens with zero attached hydrogens (tertiary/aromatic N) is 3. The zero-order valence-electron chi connectivity index (χ0n) is 13.7. The number of oxazole rings is 1. The fourth-order valence-electron chi connectivity index (χ4n) is 2.00. The summed E-state index contributed by atoms with van der Waals surface area (Å²) in [6.45, 7) is 3.94. The van der Waals surface area contributed by atoms with E-state index in [0.717, 1.165) is 0 Å². The number of pyridine rings is 2. The Morgan fingerprint density at radius 1 is 0.958 bits per heavy atom. The molecule has 7 nitrogen and oxygen atoms in total. The van der Waals surface area contributed by atoms with Gasteiger partial charge in [0.1, 0.15) is 23.0 Å². The lowest BCUT2D eigenvalue weighted by Gasteiger charge is -2.08. The molecule has 0 saturated heterocycles. The Morgan fingerprint density at radius 3 is 2.38 bits per heavy atom. The van der Waals surface area contributed by atoms with Gasteiger partial charge in [-0.1, -0.05) is 0 Å². The lowest BCUT2D eigenvalue weighted by Crippen LogP contribution is -2.05.